The van der Waals surface area contributed by atoms with Crippen LogP contribution in [0.4, 0.5) is 0 Å². The van der Waals surface area contributed by atoms with Crippen molar-refractivity contribution in [2.75, 3.05) is 40.0 Å². The maximum atomic E-state index is 12.9. The molecule has 8 heteroatoms. The van der Waals surface area contributed by atoms with E-state index in [1.165, 1.54) is 50.0 Å². The van der Waals surface area contributed by atoms with Gasteiger partial charge in [-0.25, -0.2) is 0 Å². The summed E-state index contributed by atoms with van der Waals surface area (Å²) in [5.41, 5.74) is -1.01. The Morgan fingerprint density at radius 3 is 1.89 bits per heavy atom. The minimum Gasteiger partial charge on any atom is -0.783 e. The lowest BCUT2D eigenvalue weighted by molar-refractivity contribution is -0.896. The Morgan fingerprint density at radius 2 is 1.41 bits per heavy atom. The molecule has 0 bridgehead atoms. The van der Waals surface area contributed by atoms with Gasteiger partial charge in [-0.2, -0.15) is 9.42 Å². The van der Waals surface area contributed by atoms with Gasteiger partial charge in [-0.15, -0.1) is 0 Å². The fraction of sp³-hybridized carbons (Fsp3) is 1.00. The Bertz CT molecular complexity index is 623. The van der Waals surface area contributed by atoms with Gasteiger partial charge in [0.15, 0.2) is 0 Å². The van der Waals surface area contributed by atoms with Crippen molar-refractivity contribution in [2.45, 2.75) is 147 Å². The minimum absolute atomic E-state index is 0.0475. The molecular weight excluding hydrogens is 487 g/mol. The van der Waals surface area contributed by atoms with Gasteiger partial charge in [0.1, 0.15) is 18.0 Å². The van der Waals surface area contributed by atoms with Gasteiger partial charge >= 0.3 is 7.94 Å². The van der Waals surface area contributed by atoms with Crippen molar-refractivity contribution < 1.29 is 23.5 Å². The molecule has 2 heterocycles. The Hall–Kier alpha value is 0.150. The van der Waals surface area contributed by atoms with Crippen LogP contribution in [0, 0.1) is 5.21 Å². The van der Waals surface area contributed by atoms with Crippen molar-refractivity contribution in [3.05, 3.63) is 5.21 Å². The molecule has 1 radical (unpaired) electrons. The van der Waals surface area contributed by atoms with Gasteiger partial charge in [-0.3, -0.25) is 0 Å². The molecule has 2 saturated heterocycles. The van der Waals surface area contributed by atoms with Crippen molar-refractivity contribution >= 4 is 7.94 Å². The fourth-order valence-electron chi connectivity index (χ4n) is 5.84. The number of hydrogen-bond donors (Lipinski definition) is 1. The van der Waals surface area contributed by atoms with Crippen LogP contribution < -0.4 is 0 Å². The molecule has 0 aromatic heterocycles. The first-order chi connectivity index (χ1) is 17.4. The third-order valence-electron chi connectivity index (χ3n) is 8.47. The normalized spacial score (nSPS) is 24.6. The molecule has 0 amide bonds. The highest BCUT2D eigenvalue weighted by Gasteiger charge is 2.45. The average Bonchev–Trinajstić information content (AvgIpc) is 3.06. The zero-order valence-corrected chi connectivity index (χ0v) is 25.7. The number of quaternary nitrogens is 1. The van der Waals surface area contributed by atoms with Gasteiger partial charge in [0.2, 0.25) is 0 Å². The number of hydroxylamine groups is 2. The number of rotatable bonds is 19. The van der Waals surface area contributed by atoms with E-state index >= 15 is 0 Å². The summed E-state index contributed by atoms with van der Waals surface area (Å²) >= 11 is 0. The van der Waals surface area contributed by atoms with Crippen LogP contribution in [0.25, 0.3) is 0 Å². The second kappa shape index (κ2) is 15.8. The lowest BCUT2D eigenvalue weighted by Gasteiger charge is -2.48. The van der Waals surface area contributed by atoms with Gasteiger partial charge in [0, 0.05) is 23.3 Å². The Balaban J connectivity index is 1.43. The lowest BCUT2D eigenvalue weighted by atomic mass is 9.95. The fourth-order valence-corrected chi connectivity index (χ4v) is 7.25. The van der Waals surface area contributed by atoms with E-state index in [1.54, 1.807) is 0 Å². The number of hydrogen-bond acceptors (Lipinski definition) is 5. The summed E-state index contributed by atoms with van der Waals surface area (Å²) in [4.78, 5) is 22.6. The summed E-state index contributed by atoms with van der Waals surface area (Å²) in [7, 11) is 0.963. The third-order valence-corrected chi connectivity index (χ3v) is 9.98. The number of likely N-dealkylation sites (tertiary alicyclic amines) is 1. The van der Waals surface area contributed by atoms with E-state index in [9.17, 15) is 15.0 Å². The van der Waals surface area contributed by atoms with Crippen LogP contribution in [0.3, 0.4) is 0 Å². The molecule has 1 N–H and O–H groups in total. The maximum absolute atomic E-state index is 12.9. The molecule has 2 aliphatic rings. The predicted octanol–water partition coefficient (Wildman–Crippen LogP) is 7.60. The highest BCUT2D eigenvalue weighted by molar-refractivity contribution is 7.59. The molecule has 0 spiro atoms. The molecule has 2 unspecified atom stereocenters. The maximum Gasteiger partial charge on any atom is 0.453 e. The first-order valence-electron chi connectivity index (χ1n) is 15.4. The number of unbranched alkanes of at least 4 members (excludes halogenated alkanes) is 11. The number of piperidine rings is 1. The molecule has 2 rings (SSSR count). The van der Waals surface area contributed by atoms with E-state index in [0.29, 0.717) is 12.8 Å². The first kappa shape index (κ1) is 33.4. The van der Waals surface area contributed by atoms with Crippen LogP contribution in [0.5, 0.6) is 0 Å². The largest absolute Gasteiger partial charge is 0.783 e. The van der Waals surface area contributed by atoms with Crippen LogP contribution >= 0.6 is 7.94 Å². The van der Waals surface area contributed by atoms with Gasteiger partial charge < -0.3 is 19.5 Å². The third kappa shape index (κ3) is 12.0. The van der Waals surface area contributed by atoms with Crippen molar-refractivity contribution in [3.63, 3.8) is 0 Å². The summed E-state index contributed by atoms with van der Waals surface area (Å²) in [5.74, 6) is 0. The molecule has 2 fully saturated rings. The average molecular weight is 547 g/mol. The Kier molecular flexibility index (Phi) is 14.3. The van der Waals surface area contributed by atoms with E-state index < -0.39 is 19.2 Å². The zero-order chi connectivity index (χ0) is 27.4. The van der Waals surface area contributed by atoms with Crippen molar-refractivity contribution in [1.82, 2.24) is 5.06 Å². The first-order valence-corrected chi connectivity index (χ1v) is 17.1. The van der Waals surface area contributed by atoms with Gasteiger partial charge in [0.25, 0.3) is 0 Å². The van der Waals surface area contributed by atoms with Crippen LogP contribution in [0.2, 0.25) is 0 Å². The SMILES string of the molecule is CCCCC1(CCCCCCCCCCCCC[P+]([O])(O)OC2CC[N+](C)(C)CC2)OCC(C)(C)N1[O-]. The summed E-state index contributed by atoms with van der Waals surface area (Å²) in [6.45, 7) is 8.71. The van der Waals surface area contributed by atoms with Crippen molar-refractivity contribution in [2.24, 2.45) is 0 Å². The molecule has 0 aliphatic carbocycles. The lowest BCUT2D eigenvalue weighted by Crippen LogP contribution is -2.48. The van der Waals surface area contributed by atoms with Crippen LogP contribution in [0.15, 0.2) is 0 Å². The summed E-state index contributed by atoms with van der Waals surface area (Å²) < 4.78 is 12.7. The molecular formula is C29H59N2O5P+. The van der Waals surface area contributed by atoms with E-state index in [0.717, 1.165) is 81.8 Å². The molecule has 0 aromatic carbocycles. The van der Waals surface area contributed by atoms with Crippen molar-refractivity contribution in [1.29, 1.82) is 0 Å². The minimum atomic E-state index is -3.44. The summed E-state index contributed by atoms with van der Waals surface area (Å²) in [5, 5.41) is 14.2. The van der Waals surface area contributed by atoms with Crippen molar-refractivity contribution in [3.8, 4) is 0 Å². The van der Waals surface area contributed by atoms with Crippen LogP contribution in [-0.2, 0) is 14.2 Å². The van der Waals surface area contributed by atoms with Gasteiger partial charge in [-0.05, 0) is 52.4 Å². The molecule has 2 aliphatic heterocycles. The standard InChI is InChI=1S/C29H59N2O5P/c1-6-7-21-29(30(32)28(2,3)26-35-29)22-17-15-13-11-9-8-10-12-14-16-18-25-37(33,34)36-27-19-23-31(4,5)24-20-27/h27,33H,6-26H2,1-5H3/q+1. The molecule has 0 saturated carbocycles. The summed E-state index contributed by atoms with van der Waals surface area (Å²) in [6.07, 6.45) is 18.5. The van der Waals surface area contributed by atoms with E-state index in [-0.39, 0.29) is 6.10 Å². The Morgan fingerprint density at radius 1 is 0.919 bits per heavy atom. The van der Waals surface area contributed by atoms with Crippen LogP contribution in [0.1, 0.15) is 130 Å². The molecule has 219 valence electrons. The van der Waals surface area contributed by atoms with E-state index in [2.05, 4.69) is 21.0 Å². The highest BCUT2D eigenvalue weighted by Crippen LogP contribution is 2.55. The monoisotopic (exact) mass is 546 g/mol. The molecule has 2 atom stereocenters. The smallest absolute Gasteiger partial charge is 0.453 e. The molecule has 0 aromatic rings. The second-order valence-corrected chi connectivity index (χ2v) is 15.1. The molecule has 7 nitrogen and oxygen atoms in total. The topological polar surface area (TPSA) is 84.9 Å². The highest BCUT2D eigenvalue weighted by atomic mass is 31.2. The second-order valence-electron chi connectivity index (χ2n) is 13.1. The quantitative estimate of drug-likeness (QED) is 0.102. The zero-order valence-electron chi connectivity index (χ0n) is 24.8. The predicted molar refractivity (Wildman–Crippen MR) is 154 cm³/mol. The van der Waals surface area contributed by atoms with E-state index in [1.807, 2.05) is 13.8 Å². The summed E-state index contributed by atoms with van der Waals surface area (Å²) in [6, 6.07) is 0. The van der Waals surface area contributed by atoms with Gasteiger partial charge in [-0.1, -0.05) is 64.7 Å². The van der Waals surface area contributed by atoms with E-state index in [4.69, 9.17) is 9.26 Å². The van der Waals surface area contributed by atoms with Gasteiger partial charge in [0.05, 0.1) is 33.8 Å². The van der Waals surface area contributed by atoms with Crippen LogP contribution in [-0.4, -0.2) is 71.8 Å². The number of nitrogens with zero attached hydrogens (tertiary/aromatic N) is 2. The molecule has 37 heavy (non-hydrogen) atoms. The number of ether oxygens (including phenoxy) is 1. The Labute approximate surface area is 229 Å².